The lowest BCUT2D eigenvalue weighted by Gasteiger charge is -2.23. The van der Waals surface area contributed by atoms with Crippen LogP contribution in [0.2, 0.25) is 0 Å². The summed E-state index contributed by atoms with van der Waals surface area (Å²) in [7, 11) is -3.14. The Labute approximate surface area is 119 Å². The van der Waals surface area contributed by atoms with Gasteiger partial charge in [0.2, 0.25) is 0 Å². The highest BCUT2D eigenvalue weighted by Gasteiger charge is 2.29. The summed E-state index contributed by atoms with van der Waals surface area (Å²) >= 11 is 0. The number of hydrogen-bond donors (Lipinski definition) is 3. The summed E-state index contributed by atoms with van der Waals surface area (Å²) in [6.45, 7) is 4.09. The standard InChI is InChI=1S/C13H21N3O3S/c1-13(2,20(3,18)19)9-15-8-10-6-4-5-7-11(10)12(14)16-17/h4-7,15,17H,8-9H2,1-3H3,(H2,14,16). The van der Waals surface area contributed by atoms with E-state index in [-0.39, 0.29) is 5.84 Å². The van der Waals surface area contributed by atoms with Crippen molar-refractivity contribution in [2.45, 2.75) is 25.1 Å². The van der Waals surface area contributed by atoms with Gasteiger partial charge >= 0.3 is 0 Å². The SMILES string of the molecule is CC(C)(CNCc1ccccc1C(N)=NO)S(C)(=O)=O. The number of nitrogens with two attached hydrogens (primary N) is 1. The zero-order valence-corrected chi connectivity index (χ0v) is 12.7. The van der Waals surface area contributed by atoms with Gasteiger partial charge in [-0.05, 0) is 19.4 Å². The Kier molecular flexibility index (Phi) is 5.13. The van der Waals surface area contributed by atoms with Crippen LogP contribution in [0.15, 0.2) is 29.4 Å². The van der Waals surface area contributed by atoms with E-state index < -0.39 is 14.6 Å². The number of hydrogen-bond acceptors (Lipinski definition) is 5. The number of amidine groups is 1. The molecule has 0 atom stereocenters. The molecular formula is C13H21N3O3S. The topological polar surface area (TPSA) is 105 Å². The van der Waals surface area contributed by atoms with Crippen molar-refractivity contribution < 1.29 is 13.6 Å². The number of oxime groups is 1. The van der Waals surface area contributed by atoms with Crippen molar-refractivity contribution in [3.63, 3.8) is 0 Å². The zero-order valence-electron chi connectivity index (χ0n) is 11.9. The quantitative estimate of drug-likeness (QED) is 0.310. The molecule has 1 rings (SSSR count). The second-order valence-corrected chi connectivity index (χ2v) is 7.93. The van der Waals surface area contributed by atoms with Crippen LogP contribution in [0, 0.1) is 0 Å². The molecule has 0 aromatic heterocycles. The van der Waals surface area contributed by atoms with Crippen LogP contribution in [0.4, 0.5) is 0 Å². The molecule has 1 aromatic rings. The molecule has 112 valence electrons. The summed E-state index contributed by atoms with van der Waals surface area (Å²) in [4.78, 5) is 0. The third kappa shape index (κ3) is 3.94. The van der Waals surface area contributed by atoms with Crippen LogP contribution in [0.1, 0.15) is 25.0 Å². The van der Waals surface area contributed by atoms with Crippen molar-refractivity contribution in [3.05, 3.63) is 35.4 Å². The normalized spacial score (nSPS) is 13.4. The van der Waals surface area contributed by atoms with Crippen LogP contribution < -0.4 is 11.1 Å². The minimum absolute atomic E-state index is 0.0322. The summed E-state index contributed by atoms with van der Waals surface area (Å²) in [6.07, 6.45) is 1.22. The molecule has 0 aliphatic carbocycles. The minimum Gasteiger partial charge on any atom is -0.409 e. The highest BCUT2D eigenvalue weighted by molar-refractivity contribution is 7.92. The first-order chi connectivity index (χ1) is 9.19. The molecule has 0 saturated carbocycles. The third-order valence-corrected chi connectivity index (χ3v) is 5.42. The maximum Gasteiger partial charge on any atom is 0.170 e. The van der Waals surface area contributed by atoms with Crippen molar-refractivity contribution >= 4 is 15.7 Å². The maximum absolute atomic E-state index is 11.6. The first kappa shape index (κ1) is 16.5. The summed E-state index contributed by atoms with van der Waals surface area (Å²) in [5.41, 5.74) is 7.06. The first-order valence-electron chi connectivity index (χ1n) is 6.15. The summed E-state index contributed by atoms with van der Waals surface area (Å²) in [6, 6.07) is 7.21. The Balaban J connectivity index is 2.78. The number of benzene rings is 1. The molecule has 6 nitrogen and oxygen atoms in total. The van der Waals surface area contributed by atoms with E-state index in [4.69, 9.17) is 10.9 Å². The fourth-order valence-electron chi connectivity index (χ4n) is 1.61. The van der Waals surface area contributed by atoms with E-state index >= 15 is 0 Å². The monoisotopic (exact) mass is 299 g/mol. The fourth-order valence-corrected chi connectivity index (χ4v) is 1.97. The lowest BCUT2D eigenvalue weighted by molar-refractivity contribution is 0.318. The van der Waals surface area contributed by atoms with Crippen LogP contribution in [-0.4, -0.2) is 37.0 Å². The van der Waals surface area contributed by atoms with Crippen molar-refractivity contribution in [1.29, 1.82) is 0 Å². The molecule has 1 aromatic carbocycles. The van der Waals surface area contributed by atoms with Crippen molar-refractivity contribution in [2.75, 3.05) is 12.8 Å². The molecule has 7 heteroatoms. The fraction of sp³-hybridized carbons (Fsp3) is 0.462. The Morgan fingerprint density at radius 3 is 2.55 bits per heavy atom. The van der Waals surface area contributed by atoms with Crippen molar-refractivity contribution in [3.8, 4) is 0 Å². The van der Waals surface area contributed by atoms with E-state index in [1.807, 2.05) is 12.1 Å². The van der Waals surface area contributed by atoms with Gasteiger partial charge in [0.25, 0.3) is 0 Å². The Morgan fingerprint density at radius 2 is 2.00 bits per heavy atom. The molecule has 0 aliphatic rings. The average molecular weight is 299 g/mol. The maximum atomic E-state index is 11.6. The number of sulfone groups is 1. The predicted octanol–water partition coefficient (Wildman–Crippen LogP) is 0.694. The molecule has 0 radical (unpaired) electrons. The number of nitrogens with zero attached hydrogens (tertiary/aromatic N) is 1. The molecule has 0 unspecified atom stereocenters. The Hall–Kier alpha value is -1.60. The van der Waals surface area contributed by atoms with Gasteiger partial charge in [0.1, 0.15) is 0 Å². The van der Waals surface area contributed by atoms with Gasteiger partial charge in [-0.1, -0.05) is 29.4 Å². The lowest BCUT2D eigenvalue weighted by Crippen LogP contribution is -2.41. The number of nitrogens with one attached hydrogen (secondary N) is 1. The third-order valence-electron chi connectivity index (χ3n) is 3.27. The van der Waals surface area contributed by atoms with Gasteiger partial charge in [-0.3, -0.25) is 0 Å². The van der Waals surface area contributed by atoms with Crippen molar-refractivity contribution in [2.24, 2.45) is 10.9 Å². The van der Waals surface area contributed by atoms with E-state index in [0.29, 0.717) is 18.7 Å². The van der Waals surface area contributed by atoms with Gasteiger partial charge in [-0.2, -0.15) is 0 Å². The molecule has 0 aliphatic heterocycles. The molecule has 0 saturated heterocycles. The van der Waals surface area contributed by atoms with E-state index in [2.05, 4.69) is 10.5 Å². The van der Waals surface area contributed by atoms with Crippen LogP contribution in [0.3, 0.4) is 0 Å². The average Bonchev–Trinajstić information content (AvgIpc) is 2.37. The van der Waals surface area contributed by atoms with E-state index in [0.717, 1.165) is 5.56 Å². The Morgan fingerprint density at radius 1 is 1.40 bits per heavy atom. The van der Waals surface area contributed by atoms with Gasteiger partial charge in [-0.25, -0.2) is 8.42 Å². The molecule has 0 spiro atoms. The highest BCUT2D eigenvalue weighted by atomic mass is 32.2. The second-order valence-electron chi connectivity index (χ2n) is 5.28. The van der Waals surface area contributed by atoms with Gasteiger partial charge in [0.05, 0.1) is 4.75 Å². The summed E-state index contributed by atoms with van der Waals surface area (Å²) in [5, 5.41) is 14.8. The summed E-state index contributed by atoms with van der Waals surface area (Å²) in [5.74, 6) is 0.0322. The first-order valence-corrected chi connectivity index (χ1v) is 8.04. The summed E-state index contributed by atoms with van der Waals surface area (Å²) < 4.78 is 22.4. The molecule has 0 heterocycles. The predicted molar refractivity (Wildman–Crippen MR) is 79.6 cm³/mol. The Bertz CT molecular complexity index is 595. The molecule has 0 bridgehead atoms. The highest BCUT2D eigenvalue weighted by Crippen LogP contribution is 2.14. The minimum atomic E-state index is -3.14. The molecule has 0 amide bonds. The zero-order chi connectivity index (χ0) is 15.4. The molecule has 4 N–H and O–H groups in total. The van der Waals surface area contributed by atoms with Crippen LogP contribution in [-0.2, 0) is 16.4 Å². The van der Waals surface area contributed by atoms with Crippen LogP contribution in [0.5, 0.6) is 0 Å². The van der Waals surface area contributed by atoms with E-state index in [1.54, 1.807) is 26.0 Å². The smallest absolute Gasteiger partial charge is 0.170 e. The van der Waals surface area contributed by atoms with Crippen LogP contribution >= 0.6 is 0 Å². The number of rotatable bonds is 6. The van der Waals surface area contributed by atoms with Gasteiger partial charge < -0.3 is 16.3 Å². The van der Waals surface area contributed by atoms with Gasteiger partial charge in [0, 0.05) is 24.9 Å². The second kappa shape index (κ2) is 6.23. The van der Waals surface area contributed by atoms with Gasteiger partial charge in [0.15, 0.2) is 15.7 Å². The van der Waals surface area contributed by atoms with Crippen molar-refractivity contribution in [1.82, 2.24) is 5.32 Å². The molecular weight excluding hydrogens is 278 g/mol. The lowest BCUT2D eigenvalue weighted by atomic mass is 10.1. The van der Waals surface area contributed by atoms with E-state index in [9.17, 15) is 8.42 Å². The van der Waals surface area contributed by atoms with Gasteiger partial charge in [-0.15, -0.1) is 0 Å². The van der Waals surface area contributed by atoms with Crippen LogP contribution in [0.25, 0.3) is 0 Å². The molecule has 20 heavy (non-hydrogen) atoms. The van der Waals surface area contributed by atoms with E-state index in [1.165, 1.54) is 6.26 Å². The largest absolute Gasteiger partial charge is 0.409 e. The molecule has 0 fully saturated rings.